The Morgan fingerprint density at radius 1 is 0.765 bits per heavy atom. The molecule has 3 heteroatoms. The van der Waals surface area contributed by atoms with Crippen LogP contribution in [0.3, 0.4) is 0 Å². The van der Waals surface area contributed by atoms with Gasteiger partial charge in [0.1, 0.15) is 5.82 Å². The second kappa shape index (κ2) is 12.3. The van der Waals surface area contributed by atoms with Gasteiger partial charge in [0, 0.05) is 0 Å². The maximum atomic E-state index is 15.3. The SMILES string of the molecule is CCCC1CCC(C2CCC(CCc3ccc(C4CCC(C)CC4)c(F)c3C(F)F)CC2)CC1. The first-order valence-electron chi connectivity index (χ1n) is 14.6. The summed E-state index contributed by atoms with van der Waals surface area (Å²) in [5.41, 5.74) is 0.797. The molecule has 1 aromatic rings. The maximum absolute atomic E-state index is 15.3. The predicted octanol–water partition coefficient (Wildman–Crippen LogP) is 10.4. The van der Waals surface area contributed by atoms with E-state index in [0.29, 0.717) is 29.4 Å². The molecule has 1 aromatic carbocycles. The third-order valence-corrected chi connectivity index (χ3v) is 9.94. The van der Waals surface area contributed by atoms with Gasteiger partial charge in [-0.05, 0) is 98.0 Å². The summed E-state index contributed by atoms with van der Waals surface area (Å²) in [5, 5.41) is 0. The summed E-state index contributed by atoms with van der Waals surface area (Å²) in [6, 6.07) is 3.67. The average Bonchev–Trinajstić information content (AvgIpc) is 2.84. The third-order valence-electron chi connectivity index (χ3n) is 9.94. The van der Waals surface area contributed by atoms with E-state index in [-0.39, 0.29) is 11.5 Å². The van der Waals surface area contributed by atoms with Crippen LogP contribution in [0.15, 0.2) is 12.1 Å². The Bertz CT molecular complexity index is 748. The van der Waals surface area contributed by atoms with E-state index in [1.807, 2.05) is 12.1 Å². The lowest BCUT2D eigenvalue weighted by Crippen LogP contribution is -2.26. The monoisotopic (exact) mass is 476 g/mol. The van der Waals surface area contributed by atoms with E-state index in [1.54, 1.807) is 0 Å². The van der Waals surface area contributed by atoms with Crippen molar-refractivity contribution in [3.63, 3.8) is 0 Å². The molecule has 0 aliphatic heterocycles. The summed E-state index contributed by atoms with van der Waals surface area (Å²) in [7, 11) is 0. The molecule has 0 spiro atoms. The highest BCUT2D eigenvalue weighted by molar-refractivity contribution is 5.37. The van der Waals surface area contributed by atoms with Crippen LogP contribution in [0.4, 0.5) is 13.2 Å². The first-order valence-corrected chi connectivity index (χ1v) is 14.6. The Balaban J connectivity index is 1.29. The van der Waals surface area contributed by atoms with Crippen molar-refractivity contribution >= 4 is 0 Å². The van der Waals surface area contributed by atoms with Gasteiger partial charge in [0.25, 0.3) is 6.43 Å². The molecule has 3 fully saturated rings. The van der Waals surface area contributed by atoms with E-state index in [4.69, 9.17) is 0 Å². The molecule has 0 amide bonds. The van der Waals surface area contributed by atoms with Crippen molar-refractivity contribution in [3.8, 4) is 0 Å². The van der Waals surface area contributed by atoms with E-state index >= 15 is 4.39 Å². The van der Waals surface area contributed by atoms with Gasteiger partial charge >= 0.3 is 0 Å². The molecule has 0 saturated heterocycles. The summed E-state index contributed by atoms with van der Waals surface area (Å²) in [6.07, 6.45) is 16.3. The van der Waals surface area contributed by atoms with Gasteiger partial charge in [-0.15, -0.1) is 0 Å². The number of aryl methyl sites for hydroxylation is 1. The zero-order valence-electron chi connectivity index (χ0n) is 21.6. The lowest BCUT2D eigenvalue weighted by Gasteiger charge is -2.38. The molecule has 3 saturated carbocycles. The molecule has 0 unspecified atom stereocenters. The molecule has 0 bridgehead atoms. The molecule has 0 radical (unpaired) electrons. The molecule has 3 aliphatic carbocycles. The molecule has 4 rings (SSSR count). The van der Waals surface area contributed by atoms with Crippen LogP contribution in [0.1, 0.15) is 139 Å². The molecule has 3 aliphatic rings. The summed E-state index contributed by atoms with van der Waals surface area (Å²) in [6.45, 7) is 4.53. The molecular formula is C31H47F3. The van der Waals surface area contributed by atoms with Crippen LogP contribution in [0, 0.1) is 35.4 Å². The Hall–Kier alpha value is -0.990. The minimum Gasteiger partial charge on any atom is -0.206 e. The van der Waals surface area contributed by atoms with Crippen molar-refractivity contribution in [1.29, 1.82) is 0 Å². The van der Waals surface area contributed by atoms with Gasteiger partial charge in [-0.25, -0.2) is 13.2 Å². The van der Waals surface area contributed by atoms with Crippen molar-refractivity contribution in [2.24, 2.45) is 29.6 Å². The Morgan fingerprint density at radius 3 is 1.85 bits per heavy atom. The summed E-state index contributed by atoms with van der Waals surface area (Å²) in [5.74, 6) is 3.55. The highest BCUT2D eigenvalue weighted by Crippen LogP contribution is 2.44. The number of rotatable bonds is 8. The van der Waals surface area contributed by atoms with Crippen LogP contribution in [0.2, 0.25) is 0 Å². The van der Waals surface area contributed by atoms with E-state index in [0.717, 1.165) is 49.9 Å². The second-order valence-electron chi connectivity index (χ2n) is 12.2. The molecule has 0 nitrogen and oxygen atoms in total. The van der Waals surface area contributed by atoms with Crippen LogP contribution in [0.25, 0.3) is 0 Å². The quantitative estimate of drug-likeness (QED) is 0.350. The molecule has 34 heavy (non-hydrogen) atoms. The standard InChI is InChI=1S/C31H47F3/c1-3-4-22-7-14-24(15-8-22)25-16-9-23(10-17-25)11-18-27-19-20-28(30(32)29(27)31(33)34)26-12-5-21(2)6-13-26/h19-26,31H,3-18H2,1-2H3. The third kappa shape index (κ3) is 6.41. The van der Waals surface area contributed by atoms with Gasteiger partial charge in [0.05, 0.1) is 5.56 Å². The van der Waals surface area contributed by atoms with Crippen LogP contribution >= 0.6 is 0 Å². The topological polar surface area (TPSA) is 0 Å². The average molecular weight is 477 g/mol. The van der Waals surface area contributed by atoms with E-state index in [1.165, 1.54) is 64.2 Å². The normalized spacial score (nSPS) is 32.8. The summed E-state index contributed by atoms with van der Waals surface area (Å²) < 4.78 is 43.2. The fourth-order valence-electron chi connectivity index (χ4n) is 7.65. The maximum Gasteiger partial charge on any atom is 0.266 e. The number of hydrogen-bond acceptors (Lipinski definition) is 0. The number of benzene rings is 1. The van der Waals surface area contributed by atoms with Crippen LogP contribution in [-0.2, 0) is 6.42 Å². The van der Waals surface area contributed by atoms with E-state index in [9.17, 15) is 8.78 Å². The predicted molar refractivity (Wildman–Crippen MR) is 136 cm³/mol. The minimum atomic E-state index is -2.73. The van der Waals surface area contributed by atoms with Crippen molar-refractivity contribution < 1.29 is 13.2 Å². The van der Waals surface area contributed by atoms with Crippen LogP contribution in [0.5, 0.6) is 0 Å². The Labute approximate surface area is 206 Å². The molecule has 0 atom stereocenters. The van der Waals surface area contributed by atoms with Gasteiger partial charge in [-0.2, -0.15) is 0 Å². The van der Waals surface area contributed by atoms with Crippen LogP contribution < -0.4 is 0 Å². The highest BCUT2D eigenvalue weighted by Gasteiger charge is 2.31. The largest absolute Gasteiger partial charge is 0.266 e. The van der Waals surface area contributed by atoms with Crippen molar-refractivity contribution in [1.82, 2.24) is 0 Å². The lowest BCUT2D eigenvalue weighted by molar-refractivity contribution is 0.139. The summed E-state index contributed by atoms with van der Waals surface area (Å²) >= 11 is 0. The van der Waals surface area contributed by atoms with E-state index in [2.05, 4.69) is 13.8 Å². The second-order valence-corrected chi connectivity index (χ2v) is 12.2. The van der Waals surface area contributed by atoms with Gasteiger partial charge in [0.2, 0.25) is 0 Å². The number of alkyl halides is 2. The van der Waals surface area contributed by atoms with Crippen molar-refractivity contribution in [2.75, 3.05) is 0 Å². The zero-order chi connectivity index (χ0) is 24.1. The van der Waals surface area contributed by atoms with Crippen LogP contribution in [-0.4, -0.2) is 0 Å². The summed E-state index contributed by atoms with van der Waals surface area (Å²) in [4.78, 5) is 0. The minimum absolute atomic E-state index is 0.107. The smallest absolute Gasteiger partial charge is 0.206 e. The molecule has 0 N–H and O–H groups in total. The van der Waals surface area contributed by atoms with Crippen molar-refractivity contribution in [3.05, 3.63) is 34.6 Å². The highest BCUT2D eigenvalue weighted by atomic mass is 19.3. The van der Waals surface area contributed by atoms with E-state index < -0.39 is 12.2 Å². The Morgan fingerprint density at radius 2 is 1.32 bits per heavy atom. The van der Waals surface area contributed by atoms with Gasteiger partial charge in [-0.3, -0.25) is 0 Å². The lowest BCUT2D eigenvalue weighted by atomic mass is 9.68. The Kier molecular flexibility index (Phi) is 9.44. The van der Waals surface area contributed by atoms with Gasteiger partial charge < -0.3 is 0 Å². The van der Waals surface area contributed by atoms with Gasteiger partial charge in [-0.1, -0.05) is 77.3 Å². The first kappa shape index (κ1) is 26.1. The molecule has 0 aromatic heterocycles. The number of hydrogen-bond donors (Lipinski definition) is 0. The molecular weight excluding hydrogens is 429 g/mol. The van der Waals surface area contributed by atoms with Gasteiger partial charge in [0.15, 0.2) is 0 Å². The molecule has 0 heterocycles. The van der Waals surface area contributed by atoms with Crippen molar-refractivity contribution in [2.45, 2.75) is 129 Å². The fraction of sp³-hybridized carbons (Fsp3) is 0.806. The number of halogens is 3. The first-order chi connectivity index (χ1) is 16.5. The fourth-order valence-corrected chi connectivity index (χ4v) is 7.65. The molecule has 192 valence electrons. The zero-order valence-corrected chi connectivity index (χ0v) is 21.6.